The molecule has 0 bridgehead atoms. The van der Waals surface area contributed by atoms with E-state index in [1.165, 1.54) is 4.57 Å². The van der Waals surface area contributed by atoms with Gasteiger partial charge in [0, 0.05) is 6.54 Å². The predicted molar refractivity (Wildman–Crippen MR) is 93.3 cm³/mol. The molecule has 1 aliphatic heterocycles. The van der Waals surface area contributed by atoms with Crippen LogP contribution in [-0.2, 0) is 23.4 Å². The minimum Gasteiger partial charge on any atom is -0.501 e. The summed E-state index contributed by atoms with van der Waals surface area (Å²) in [4.78, 5) is 29.1. The van der Waals surface area contributed by atoms with Crippen molar-refractivity contribution in [1.82, 2.24) is 14.9 Å². The van der Waals surface area contributed by atoms with Crippen LogP contribution in [0.2, 0.25) is 0 Å². The fourth-order valence-corrected chi connectivity index (χ4v) is 2.84. The van der Waals surface area contributed by atoms with Gasteiger partial charge in [0.15, 0.2) is 5.69 Å². The number of amides is 1. The largest absolute Gasteiger partial charge is 0.501 e. The van der Waals surface area contributed by atoms with Gasteiger partial charge >= 0.3 is 0 Å². The molecule has 2 aromatic rings. The van der Waals surface area contributed by atoms with Crippen molar-refractivity contribution in [3.8, 4) is 11.5 Å². The number of aromatic nitrogens is 2. The fraction of sp³-hybridized carbons (Fsp3) is 0.389. The number of carbonyl (C=O) groups excluding carboxylic acids is 1. The summed E-state index contributed by atoms with van der Waals surface area (Å²) in [6.45, 7) is 4.37. The molecule has 8 heteroatoms. The number of benzene rings is 1. The van der Waals surface area contributed by atoms with E-state index < -0.39 is 22.8 Å². The highest BCUT2D eigenvalue weighted by molar-refractivity contribution is 5.94. The van der Waals surface area contributed by atoms with E-state index in [1.807, 2.05) is 12.1 Å². The third-order valence-electron chi connectivity index (χ3n) is 4.29. The minimum atomic E-state index is -0.823. The Morgan fingerprint density at radius 1 is 1.38 bits per heavy atom. The van der Waals surface area contributed by atoms with Crippen LogP contribution in [0.4, 0.5) is 0 Å². The van der Waals surface area contributed by atoms with E-state index in [0.717, 1.165) is 5.56 Å². The maximum absolute atomic E-state index is 12.5. The zero-order valence-corrected chi connectivity index (χ0v) is 14.9. The van der Waals surface area contributed by atoms with Gasteiger partial charge in [-0.1, -0.05) is 12.1 Å². The number of fused-ring (bicyclic) bond motifs is 1. The molecule has 0 saturated heterocycles. The highest BCUT2D eigenvalue weighted by Crippen LogP contribution is 2.27. The molecule has 8 nitrogen and oxygen atoms in total. The Bertz CT molecular complexity index is 887. The second kappa shape index (κ2) is 6.80. The van der Waals surface area contributed by atoms with Crippen LogP contribution in [0.1, 0.15) is 35.7 Å². The standard InChI is InChI=1S/C18H21N3O5/c1-18(2)17-20-13(14(22)16(24)21(17)8-9-26-18)15(23)19-10-11-4-6-12(25-3)7-5-11/h4-7,22H,8-10H2,1-3H3,(H,19,23). The lowest BCUT2D eigenvalue weighted by molar-refractivity contribution is -0.0566. The van der Waals surface area contributed by atoms with E-state index in [-0.39, 0.29) is 18.8 Å². The minimum absolute atomic E-state index is 0.224. The molecule has 138 valence electrons. The molecule has 0 radical (unpaired) electrons. The topological polar surface area (TPSA) is 103 Å². The summed E-state index contributed by atoms with van der Waals surface area (Å²) >= 11 is 0. The van der Waals surface area contributed by atoms with Crippen molar-refractivity contribution < 1.29 is 19.4 Å². The van der Waals surface area contributed by atoms with Crippen LogP contribution in [0.15, 0.2) is 29.1 Å². The Balaban J connectivity index is 1.85. The number of hydrogen-bond donors (Lipinski definition) is 2. The quantitative estimate of drug-likeness (QED) is 0.849. The van der Waals surface area contributed by atoms with Gasteiger partial charge in [-0.25, -0.2) is 4.98 Å². The van der Waals surface area contributed by atoms with Gasteiger partial charge in [-0.2, -0.15) is 0 Å². The van der Waals surface area contributed by atoms with Crippen LogP contribution in [0, 0.1) is 0 Å². The van der Waals surface area contributed by atoms with Crippen LogP contribution in [0.25, 0.3) is 0 Å². The average Bonchev–Trinajstić information content (AvgIpc) is 2.63. The first-order valence-electron chi connectivity index (χ1n) is 8.23. The van der Waals surface area contributed by atoms with Crippen LogP contribution >= 0.6 is 0 Å². The Labute approximate surface area is 150 Å². The molecule has 0 aliphatic carbocycles. The third-order valence-corrected chi connectivity index (χ3v) is 4.29. The Kier molecular flexibility index (Phi) is 4.69. The van der Waals surface area contributed by atoms with Gasteiger partial charge in [0.05, 0.1) is 20.3 Å². The SMILES string of the molecule is COc1ccc(CNC(=O)c2nc3n(c(=O)c2O)CCOC3(C)C)cc1. The van der Waals surface area contributed by atoms with Gasteiger partial charge in [0.25, 0.3) is 11.5 Å². The van der Waals surface area contributed by atoms with E-state index in [1.54, 1.807) is 33.1 Å². The van der Waals surface area contributed by atoms with Gasteiger partial charge < -0.3 is 19.9 Å². The number of rotatable bonds is 4. The molecule has 2 heterocycles. The summed E-state index contributed by atoms with van der Waals surface area (Å²) in [7, 11) is 1.57. The maximum Gasteiger partial charge on any atom is 0.296 e. The molecule has 0 spiro atoms. The molecular formula is C18H21N3O5. The summed E-state index contributed by atoms with van der Waals surface area (Å²) < 4.78 is 12.1. The second-order valence-electron chi connectivity index (χ2n) is 6.48. The van der Waals surface area contributed by atoms with Crippen molar-refractivity contribution in [2.75, 3.05) is 13.7 Å². The van der Waals surface area contributed by atoms with Crippen molar-refractivity contribution in [2.45, 2.75) is 32.5 Å². The first kappa shape index (κ1) is 17.9. The molecular weight excluding hydrogens is 338 g/mol. The zero-order chi connectivity index (χ0) is 18.9. The lowest BCUT2D eigenvalue weighted by Gasteiger charge is -2.32. The average molecular weight is 359 g/mol. The molecule has 2 N–H and O–H groups in total. The van der Waals surface area contributed by atoms with Gasteiger partial charge in [-0.15, -0.1) is 0 Å². The van der Waals surface area contributed by atoms with Crippen molar-refractivity contribution in [3.63, 3.8) is 0 Å². The molecule has 0 atom stereocenters. The number of ether oxygens (including phenoxy) is 2. The number of methoxy groups -OCH3 is 1. The first-order chi connectivity index (χ1) is 12.3. The molecule has 1 amide bonds. The lowest BCUT2D eigenvalue weighted by atomic mass is 10.1. The Hall–Kier alpha value is -2.87. The summed E-state index contributed by atoms with van der Waals surface area (Å²) in [5.74, 6) is -0.246. The monoisotopic (exact) mass is 359 g/mol. The van der Waals surface area contributed by atoms with Crippen LogP contribution in [0.3, 0.4) is 0 Å². The molecule has 1 aliphatic rings. The molecule has 3 rings (SSSR count). The highest BCUT2D eigenvalue weighted by Gasteiger charge is 2.34. The van der Waals surface area contributed by atoms with Crippen LogP contribution in [-0.4, -0.2) is 34.3 Å². The summed E-state index contributed by atoms with van der Waals surface area (Å²) in [5, 5.41) is 12.8. The molecule has 1 aromatic heterocycles. The molecule has 26 heavy (non-hydrogen) atoms. The first-order valence-corrected chi connectivity index (χ1v) is 8.23. The van der Waals surface area contributed by atoms with E-state index in [9.17, 15) is 14.7 Å². The van der Waals surface area contributed by atoms with Crippen molar-refractivity contribution in [3.05, 3.63) is 51.7 Å². The van der Waals surface area contributed by atoms with Gasteiger partial charge in [0.1, 0.15) is 17.2 Å². The second-order valence-corrected chi connectivity index (χ2v) is 6.48. The van der Waals surface area contributed by atoms with Crippen LogP contribution < -0.4 is 15.6 Å². The number of hydrogen-bond acceptors (Lipinski definition) is 6. The van der Waals surface area contributed by atoms with Crippen molar-refractivity contribution in [1.29, 1.82) is 0 Å². The third kappa shape index (κ3) is 3.28. The summed E-state index contributed by atoms with van der Waals surface area (Å²) in [6, 6.07) is 7.18. The van der Waals surface area contributed by atoms with Gasteiger partial charge in [0.2, 0.25) is 5.75 Å². The van der Waals surface area contributed by atoms with Gasteiger partial charge in [-0.05, 0) is 31.5 Å². The van der Waals surface area contributed by atoms with E-state index >= 15 is 0 Å². The Morgan fingerprint density at radius 2 is 2.08 bits per heavy atom. The lowest BCUT2D eigenvalue weighted by Crippen LogP contribution is -2.42. The van der Waals surface area contributed by atoms with E-state index in [4.69, 9.17) is 9.47 Å². The van der Waals surface area contributed by atoms with E-state index in [0.29, 0.717) is 18.2 Å². The van der Waals surface area contributed by atoms with Crippen LogP contribution in [0.5, 0.6) is 11.5 Å². The summed E-state index contributed by atoms with van der Waals surface area (Å²) in [6.07, 6.45) is 0. The summed E-state index contributed by atoms with van der Waals surface area (Å²) in [5.41, 5.74) is -0.915. The van der Waals surface area contributed by atoms with Crippen molar-refractivity contribution in [2.24, 2.45) is 0 Å². The maximum atomic E-state index is 12.5. The molecule has 0 fully saturated rings. The Morgan fingerprint density at radius 3 is 2.73 bits per heavy atom. The number of aromatic hydroxyl groups is 1. The number of nitrogens with zero attached hydrogens (tertiary/aromatic N) is 2. The smallest absolute Gasteiger partial charge is 0.296 e. The molecule has 0 unspecified atom stereocenters. The zero-order valence-electron chi connectivity index (χ0n) is 14.9. The number of nitrogens with one attached hydrogen (secondary N) is 1. The van der Waals surface area contributed by atoms with Crippen molar-refractivity contribution >= 4 is 5.91 Å². The predicted octanol–water partition coefficient (Wildman–Crippen LogP) is 1.15. The van der Waals surface area contributed by atoms with Gasteiger partial charge in [-0.3, -0.25) is 14.2 Å². The molecule has 1 aromatic carbocycles. The fourth-order valence-electron chi connectivity index (χ4n) is 2.84. The molecule has 0 saturated carbocycles. The normalized spacial score (nSPS) is 15.2. The number of carbonyl (C=O) groups is 1. The highest BCUT2D eigenvalue weighted by atomic mass is 16.5. The van der Waals surface area contributed by atoms with E-state index in [2.05, 4.69) is 10.3 Å².